The molecule has 2 rings (SSSR count). The molecule has 0 amide bonds. The summed E-state index contributed by atoms with van der Waals surface area (Å²) in [6.45, 7) is 2.74. The summed E-state index contributed by atoms with van der Waals surface area (Å²) in [5.74, 6) is -1.18. The van der Waals surface area contributed by atoms with Crippen molar-refractivity contribution in [3.8, 4) is 0 Å². The van der Waals surface area contributed by atoms with E-state index in [9.17, 15) is 4.79 Å². The van der Waals surface area contributed by atoms with Gasteiger partial charge in [0.2, 0.25) is 0 Å². The van der Waals surface area contributed by atoms with Crippen LogP contribution < -0.4 is 5.32 Å². The van der Waals surface area contributed by atoms with Gasteiger partial charge in [-0.2, -0.15) is 0 Å². The molecule has 80 valence electrons. The summed E-state index contributed by atoms with van der Waals surface area (Å²) >= 11 is 0. The van der Waals surface area contributed by atoms with E-state index in [1.54, 1.807) is 6.92 Å². The van der Waals surface area contributed by atoms with E-state index in [2.05, 4.69) is 5.32 Å². The molecule has 0 saturated carbocycles. The molecule has 0 saturated heterocycles. The van der Waals surface area contributed by atoms with E-state index in [1.807, 2.05) is 18.2 Å². The molecular weight excluding hydrogens is 190 g/mol. The van der Waals surface area contributed by atoms with Crippen LogP contribution in [0.4, 0.5) is 5.69 Å². The van der Waals surface area contributed by atoms with Crippen molar-refractivity contribution in [1.82, 2.24) is 0 Å². The minimum absolute atomic E-state index is 0.419. The molecule has 3 heteroatoms. The molecule has 0 aliphatic carbocycles. The van der Waals surface area contributed by atoms with Gasteiger partial charge >= 0.3 is 5.97 Å². The number of carbonyl (C=O) groups is 1. The summed E-state index contributed by atoms with van der Waals surface area (Å²) in [4.78, 5) is 10.9. The smallest absolute Gasteiger partial charge is 0.310 e. The first kappa shape index (κ1) is 10.0. The molecular formula is C12H15NO2. The maximum atomic E-state index is 10.9. The van der Waals surface area contributed by atoms with E-state index in [0.717, 1.165) is 30.6 Å². The van der Waals surface area contributed by atoms with Gasteiger partial charge in [0.1, 0.15) is 0 Å². The number of aryl methyl sites for hydroxylation is 1. The first-order valence-electron chi connectivity index (χ1n) is 5.28. The second-order valence-electron chi connectivity index (χ2n) is 4.01. The van der Waals surface area contributed by atoms with Gasteiger partial charge in [-0.25, -0.2) is 0 Å². The third-order valence-electron chi connectivity index (χ3n) is 2.94. The summed E-state index contributed by atoms with van der Waals surface area (Å²) < 4.78 is 0. The Morgan fingerprint density at radius 2 is 2.33 bits per heavy atom. The fourth-order valence-electron chi connectivity index (χ4n) is 1.91. The number of hydrogen-bond donors (Lipinski definition) is 2. The van der Waals surface area contributed by atoms with E-state index in [4.69, 9.17) is 5.11 Å². The van der Waals surface area contributed by atoms with Gasteiger partial charge in [0, 0.05) is 12.2 Å². The number of benzene rings is 1. The van der Waals surface area contributed by atoms with E-state index >= 15 is 0 Å². The minimum atomic E-state index is -0.765. The predicted molar refractivity (Wildman–Crippen MR) is 59.3 cm³/mol. The highest BCUT2D eigenvalue weighted by atomic mass is 16.4. The molecule has 1 aromatic carbocycles. The molecule has 0 aromatic heterocycles. The van der Waals surface area contributed by atoms with Crippen molar-refractivity contribution >= 4 is 11.7 Å². The zero-order valence-corrected chi connectivity index (χ0v) is 8.79. The second-order valence-corrected chi connectivity index (χ2v) is 4.01. The van der Waals surface area contributed by atoms with Crippen LogP contribution in [-0.2, 0) is 11.2 Å². The Hall–Kier alpha value is -1.51. The van der Waals surface area contributed by atoms with E-state index in [-0.39, 0.29) is 0 Å². The van der Waals surface area contributed by atoms with Crippen molar-refractivity contribution in [1.29, 1.82) is 0 Å². The Labute approximate surface area is 89.1 Å². The SMILES string of the molecule is C[C@@H](C(=O)O)c1ccc2c(c1)CCCN2. The first-order valence-corrected chi connectivity index (χ1v) is 5.28. The lowest BCUT2D eigenvalue weighted by Crippen LogP contribution is -2.13. The zero-order valence-electron chi connectivity index (χ0n) is 8.79. The van der Waals surface area contributed by atoms with Crippen LogP contribution in [0.3, 0.4) is 0 Å². The van der Waals surface area contributed by atoms with Gasteiger partial charge < -0.3 is 10.4 Å². The molecule has 0 radical (unpaired) electrons. The third-order valence-corrected chi connectivity index (χ3v) is 2.94. The summed E-state index contributed by atoms with van der Waals surface area (Å²) in [6.07, 6.45) is 2.17. The quantitative estimate of drug-likeness (QED) is 0.778. The standard InChI is InChI=1S/C12H15NO2/c1-8(12(14)15)9-4-5-11-10(7-9)3-2-6-13-11/h4-5,7-8,13H,2-3,6H2,1H3,(H,14,15)/t8-/m1/s1. The van der Waals surface area contributed by atoms with E-state index in [0.29, 0.717) is 0 Å². The van der Waals surface area contributed by atoms with Crippen molar-refractivity contribution in [3.63, 3.8) is 0 Å². The molecule has 0 fully saturated rings. The average Bonchev–Trinajstić information content (AvgIpc) is 2.27. The highest BCUT2D eigenvalue weighted by Gasteiger charge is 2.16. The van der Waals surface area contributed by atoms with Crippen LogP contribution in [0.15, 0.2) is 18.2 Å². The van der Waals surface area contributed by atoms with Crippen molar-refractivity contribution < 1.29 is 9.90 Å². The normalized spacial score (nSPS) is 16.3. The van der Waals surface area contributed by atoms with Crippen LogP contribution in [-0.4, -0.2) is 17.6 Å². The number of fused-ring (bicyclic) bond motifs is 1. The van der Waals surface area contributed by atoms with Crippen molar-refractivity contribution in [2.75, 3.05) is 11.9 Å². The molecule has 0 spiro atoms. The van der Waals surface area contributed by atoms with Gasteiger partial charge in [-0.15, -0.1) is 0 Å². The lowest BCUT2D eigenvalue weighted by Gasteiger charge is -2.19. The molecule has 3 nitrogen and oxygen atoms in total. The van der Waals surface area contributed by atoms with Crippen molar-refractivity contribution in [2.45, 2.75) is 25.7 Å². The third kappa shape index (κ3) is 1.96. The van der Waals surface area contributed by atoms with Gasteiger partial charge in [-0.1, -0.05) is 12.1 Å². The Morgan fingerprint density at radius 3 is 3.07 bits per heavy atom. The number of anilines is 1. The van der Waals surface area contributed by atoms with Gasteiger partial charge in [-0.3, -0.25) is 4.79 Å². The second kappa shape index (κ2) is 3.93. The molecule has 1 aromatic rings. The number of rotatable bonds is 2. The largest absolute Gasteiger partial charge is 0.481 e. The van der Waals surface area contributed by atoms with Crippen molar-refractivity contribution in [2.24, 2.45) is 0 Å². The van der Waals surface area contributed by atoms with Crippen LogP contribution >= 0.6 is 0 Å². The molecule has 1 heterocycles. The van der Waals surface area contributed by atoms with Crippen LogP contribution in [0.2, 0.25) is 0 Å². The highest BCUT2D eigenvalue weighted by Crippen LogP contribution is 2.26. The Bertz CT molecular complexity index is 387. The molecule has 15 heavy (non-hydrogen) atoms. The topological polar surface area (TPSA) is 49.3 Å². The van der Waals surface area contributed by atoms with Gasteiger partial charge in [-0.05, 0) is 37.0 Å². The van der Waals surface area contributed by atoms with Gasteiger partial charge in [0.15, 0.2) is 0 Å². The molecule has 1 atom stereocenters. The molecule has 0 unspecified atom stereocenters. The summed E-state index contributed by atoms with van der Waals surface area (Å²) in [5, 5.41) is 12.2. The van der Waals surface area contributed by atoms with Crippen LogP contribution in [0.25, 0.3) is 0 Å². The van der Waals surface area contributed by atoms with Crippen LogP contribution in [0, 0.1) is 0 Å². The summed E-state index contributed by atoms with van der Waals surface area (Å²) in [5.41, 5.74) is 3.29. The maximum absolute atomic E-state index is 10.9. The Kier molecular flexibility index (Phi) is 2.62. The monoisotopic (exact) mass is 205 g/mol. The number of carboxylic acids is 1. The van der Waals surface area contributed by atoms with Crippen LogP contribution in [0.1, 0.15) is 30.4 Å². The lowest BCUT2D eigenvalue weighted by atomic mass is 9.95. The maximum Gasteiger partial charge on any atom is 0.310 e. The summed E-state index contributed by atoms with van der Waals surface area (Å²) in [6, 6.07) is 5.90. The van der Waals surface area contributed by atoms with Crippen LogP contribution in [0.5, 0.6) is 0 Å². The minimum Gasteiger partial charge on any atom is -0.481 e. The fourth-order valence-corrected chi connectivity index (χ4v) is 1.91. The summed E-state index contributed by atoms with van der Waals surface area (Å²) in [7, 11) is 0. The van der Waals surface area contributed by atoms with Gasteiger partial charge in [0.05, 0.1) is 5.92 Å². The molecule has 0 bridgehead atoms. The Morgan fingerprint density at radius 1 is 1.53 bits per heavy atom. The predicted octanol–water partition coefficient (Wildman–Crippen LogP) is 2.23. The zero-order chi connectivity index (χ0) is 10.8. The number of carboxylic acid groups (broad SMARTS) is 1. The number of hydrogen-bond acceptors (Lipinski definition) is 2. The fraction of sp³-hybridized carbons (Fsp3) is 0.417. The van der Waals surface area contributed by atoms with Gasteiger partial charge in [0.25, 0.3) is 0 Å². The molecule has 1 aliphatic rings. The number of aliphatic carboxylic acids is 1. The van der Waals surface area contributed by atoms with E-state index < -0.39 is 11.9 Å². The first-order chi connectivity index (χ1) is 7.18. The Balaban J connectivity index is 2.31. The molecule has 1 aliphatic heterocycles. The highest BCUT2D eigenvalue weighted by molar-refractivity contribution is 5.76. The van der Waals surface area contributed by atoms with Crippen molar-refractivity contribution in [3.05, 3.63) is 29.3 Å². The number of nitrogens with one attached hydrogen (secondary N) is 1. The molecule has 2 N–H and O–H groups in total. The van der Waals surface area contributed by atoms with E-state index in [1.165, 1.54) is 5.56 Å². The average molecular weight is 205 g/mol. The lowest BCUT2D eigenvalue weighted by molar-refractivity contribution is -0.138.